The van der Waals surface area contributed by atoms with Crippen LogP contribution in [-0.2, 0) is 14.3 Å². The van der Waals surface area contributed by atoms with Crippen molar-refractivity contribution in [2.75, 3.05) is 13.2 Å². The minimum absolute atomic E-state index is 0.203. The average Bonchev–Trinajstić information content (AvgIpc) is 3.18. The molecule has 0 atom stereocenters. The van der Waals surface area contributed by atoms with Crippen molar-refractivity contribution in [2.45, 2.75) is 20.8 Å². The molecule has 0 saturated carbocycles. The van der Waals surface area contributed by atoms with Crippen molar-refractivity contribution in [3.63, 3.8) is 0 Å². The molecular formula is C20H20N2O4S. The number of benzene rings is 1. The van der Waals surface area contributed by atoms with E-state index in [1.165, 1.54) is 5.56 Å². The van der Waals surface area contributed by atoms with E-state index in [1.54, 1.807) is 13.0 Å². The molecule has 1 aliphatic rings. The highest BCUT2D eigenvalue weighted by Crippen LogP contribution is 2.33. The van der Waals surface area contributed by atoms with Crippen LogP contribution in [0.3, 0.4) is 0 Å². The van der Waals surface area contributed by atoms with Gasteiger partial charge in [-0.3, -0.25) is 19.3 Å². The topological polar surface area (TPSA) is 68.6 Å². The van der Waals surface area contributed by atoms with Gasteiger partial charge in [0.1, 0.15) is 6.54 Å². The van der Waals surface area contributed by atoms with Gasteiger partial charge in [0.15, 0.2) is 0 Å². The number of esters is 1. The van der Waals surface area contributed by atoms with E-state index in [1.807, 2.05) is 54.9 Å². The summed E-state index contributed by atoms with van der Waals surface area (Å²) in [5.41, 5.74) is 4.10. The van der Waals surface area contributed by atoms with Crippen LogP contribution in [0, 0.1) is 13.8 Å². The van der Waals surface area contributed by atoms with E-state index in [-0.39, 0.29) is 18.1 Å². The normalized spacial score (nSPS) is 15.7. The van der Waals surface area contributed by atoms with E-state index in [0.717, 1.165) is 33.6 Å². The Kier molecular flexibility index (Phi) is 5.51. The summed E-state index contributed by atoms with van der Waals surface area (Å²) in [7, 11) is 0. The first kappa shape index (κ1) is 19.0. The summed E-state index contributed by atoms with van der Waals surface area (Å²) in [5.74, 6) is -1.08. The van der Waals surface area contributed by atoms with Crippen molar-refractivity contribution >= 4 is 35.0 Å². The summed E-state index contributed by atoms with van der Waals surface area (Å²) in [6, 6.07) is 9.79. The fourth-order valence-corrected chi connectivity index (χ4v) is 3.66. The number of aromatic nitrogens is 1. The highest BCUT2D eigenvalue weighted by atomic mass is 32.2. The van der Waals surface area contributed by atoms with Gasteiger partial charge >= 0.3 is 5.97 Å². The van der Waals surface area contributed by atoms with Gasteiger partial charge in [-0.15, -0.1) is 0 Å². The molecule has 0 spiro atoms. The molecule has 1 aromatic carbocycles. The van der Waals surface area contributed by atoms with Crippen molar-refractivity contribution in [1.82, 2.24) is 9.47 Å². The summed E-state index contributed by atoms with van der Waals surface area (Å²) in [5, 5.41) is -0.468. The summed E-state index contributed by atoms with van der Waals surface area (Å²) in [4.78, 5) is 37.5. The van der Waals surface area contributed by atoms with Gasteiger partial charge in [-0.2, -0.15) is 0 Å². The predicted octanol–water partition coefficient (Wildman–Crippen LogP) is 3.69. The first-order valence-electron chi connectivity index (χ1n) is 8.57. The van der Waals surface area contributed by atoms with E-state index >= 15 is 0 Å². The number of imide groups is 1. The van der Waals surface area contributed by atoms with Crippen LogP contribution in [0.25, 0.3) is 11.8 Å². The van der Waals surface area contributed by atoms with Gasteiger partial charge in [0.05, 0.1) is 11.5 Å². The maximum atomic E-state index is 12.5. The third kappa shape index (κ3) is 3.83. The van der Waals surface area contributed by atoms with Crippen LogP contribution in [-0.4, -0.2) is 39.7 Å². The number of nitrogens with zero attached hydrogens (tertiary/aromatic N) is 2. The van der Waals surface area contributed by atoms with Crippen LogP contribution >= 0.6 is 11.8 Å². The van der Waals surface area contributed by atoms with Crippen LogP contribution in [0.1, 0.15) is 23.7 Å². The molecule has 27 heavy (non-hydrogen) atoms. The van der Waals surface area contributed by atoms with Crippen molar-refractivity contribution in [1.29, 1.82) is 0 Å². The molecule has 1 fully saturated rings. The minimum atomic E-state index is -0.597. The van der Waals surface area contributed by atoms with Gasteiger partial charge in [0, 0.05) is 17.6 Å². The smallest absolute Gasteiger partial charge is 0.326 e. The van der Waals surface area contributed by atoms with Gasteiger partial charge < -0.3 is 9.30 Å². The van der Waals surface area contributed by atoms with E-state index in [2.05, 4.69) is 0 Å². The monoisotopic (exact) mass is 384 g/mol. The van der Waals surface area contributed by atoms with E-state index in [9.17, 15) is 14.4 Å². The molecule has 2 aromatic rings. The molecule has 2 amide bonds. The number of ether oxygens (including phenoxy) is 1. The first-order chi connectivity index (χ1) is 12.9. The van der Waals surface area contributed by atoms with E-state index in [4.69, 9.17) is 4.74 Å². The number of hydrogen-bond donors (Lipinski definition) is 0. The zero-order valence-corrected chi connectivity index (χ0v) is 16.2. The third-order valence-electron chi connectivity index (χ3n) is 4.36. The van der Waals surface area contributed by atoms with Gasteiger partial charge in [-0.25, -0.2) is 0 Å². The highest BCUT2D eigenvalue weighted by Gasteiger charge is 2.36. The lowest BCUT2D eigenvalue weighted by Gasteiger charge is -2.12. The molecule has 1 saturated heterocycles. The highest BCUT2D eigenvalue weighted by molar-refractivity contribution is 8.18. The zero-order chi connectivity index (χ0) is 19.6. The molecule has 140 valence electrons. The molecule has 3 rings (SSSR count). The second-order valence-electron chi connectivity index (χ2n) is 6.09. The number of amides is 2. The summed E-state index contributed by atoms with van der Waals surface area (Å²) < 4.78 is 6.80. The van der Waals surface area contributed by atoms with Crippen LogP contribution in [0.5, 0.6) is 0 Å². The summed E-state index contributed by atoms with van der Waals surface area (Å²) in [6.07, 6.45) is 3.59. The Morgan fingerprint density at radius 3 is 2.70 bits per heavy atom. The fraction of sp³-hybridized carbons (Fsp3) is 0.250. The van der Waals surface area contributed by atoms with Crippen LogP contribution < -0.4 is 0 Å². The molecule has 6 nitrogen and oxygen atoms in total. The van der Waals surface area contributed by atoms with Crippen LogP contribution in [0.4, 0.5) is 4.79 Å². The molecule has 2 heterocycles. The van der Waals surface area contributed by atoms with Crippen LogP contribution in [0.15, 0.2) is 41.4 Å². The maximum Gasteiger partial charge on any atom is 0.326 e. The van der Waals surface area contributed by atoms with Crippen molar-refractivity contribution in [2.24, 2.45) is 0 Å². The molecule has 1 aliphatic heterocycles. The lowest BCUT2D eigenvalue weighted by atomic mass is 10.1. The van der Waals surface area contributed by atoms with Gasteiger partial charge in [-0.05, 0) is 67.9 Å². The molecule has 0 radical (unpaired) electrons. The quantitative estimate of drug-likeness (QED) is 0.581. The summed E-state index contributed by atoms with van der Waals surface area (Å²) >= 11 is 0.829. The molecule has 7 heteroatoms. The average molecular weight is 384 g/mol. The third-order valence-corrected chi connectivity index (χ3v) is 5.27. The Labute approximate surface area is 161 Å². The number of carbonyl (C=O) groups is 3. The minimum Gasteiger partial charge on any atom is -0.465 e. The number of carbonyl (C=O) groups excluding carboxylic acids is 3. The first-order valence-corrected chi connectivity index (χ1v) is 9.39. The second-order valence-corrected chi connectivity index (χ2v) is 7.09. The molecular weight excluding hydrogens is 364 g/mol. The van der Waals surface area contributed by atoms with Crippen LogP contribution in [0.2, 0.25) is 0 Å². The Balaban J connectivity index is 1.90. The van der Waals surface area contributed by atoms with Crippen molar-refractivity contribution < 1.29 is 19.1 Å². The van der Waals surface area contributed by atoms with E-state index in [0.29, 0.717) is 0 Å². The Hall–Kier alpha value is -2.80. The molecule has 1 aromatic heterocycles. The van der Waals surface area contributed by atoms with Gasteiger partial charge in [0.25, 0.3) is 11.1 Å². The lowest BCUT2D eigenvalue weighted by molar-refractivity contribution is -0.145. The molecule has 0 N–H and O–H groups in total. The molecule has 0 bridgehead atoms. The Morgan fingerprint density at radius 2 is 1.96 bits per heavy atom. The lowest BCUT2D eigenvalue weighted by Crippen LogP contribution is -2.34. The van der Waals surface area contributed by atoms with Crippen molar-refractivity contribution in [3.8, 4) is 5.69 Å². The number of rotatable bonds is 5. The predicted molar refractivity (Wildman–Crippen MR) is 105 cm³/mol. The largest absolute Gasteiger partial charge is 0.465 e. The summed E-state index contributed by atoms with van der Waals surface area (Å²) in [6.45, 7) is 5.60. The Bertz CT molecular complexity index is 945. The second kappa shape index (κ2) is 7.84. The maximum absolute atomic E-state index is 12.5. The Morgan fingerprint density at radius 1 is 1.19 bits per heavy atom. The standard InChI is InChI=1S/C20H20N2O4S/c1-4-26-18(23)12-22-19(24)17(27-20(22)25)11-15-8-6-10-21(15)16-9-5-7-13(2)14(16)3/h5-11H,4,12H2,1-3H3/b17-11+. The van der Waals surface area contributed by atoms with E-state index < -0.39 is 17.1 Å². The number of aryl methyl sites for hydroxylation is 1. The van der Waals surface area contributed by atoms with Crippen molar-refractivity contribution in [3.05, 3.63) is 58.3 Å². The SMILES string of the molecule is CCOC(=O)CN1C(=O)S/C(=C/c2cccn2-c2cccc(C)c2C)C1=O. The van der Waals surface area contributed by atoms with Gasteiger partial charge in [0.2, 0.25) is 0 Å². The number of thioether (sulfide) groups is 1. The number of hydrogen-bond acceptors (Lipinski definition) is 5. The fourth-order valence-electron chi connectivity index (χ4n) is 2.83. The molecule has 0 unspecified atom stereocenters. The van der Waals surface area contributed by atoms with Gasteiger partial charge in [-0.1, -0.05) is 12.1 Å². The molecule has 0 aliphatic carbocycles. The zero-order valence-electron chi connectivity index (χ0n) is 15.4.